The van der Waals surface area contributed by atoms with E-state index in [1.807, 2.05) is 11.8 Å². The molecule has 1 unspecified atom stereocenters. The van der Waals surface area contributed by atoms with Crippen LogP contribution in [-0.4, -0.2) is 15.0 Å². The third-order valence-corrected chi connectivity index (χ3v) is 6.30. The SMILES string of the molecule is C1=C[Se]CC([n+]2cccc3ccccc32)S1.[Br-]. The quantitative estimate of drug-likeness (QED) is 0.502. The van der Waals surface area contributed by atoms with Gasteiger partial charge in [0, 0.05) is 0 Å². The summed E-state index contributed by atoms with van der Waals surface area (Å²) in [6, 6.07) is 12.9. The molecular formula is C13H12BrNSSe. The molecule has 2 heterocycles. The third kappa shape index (κ3) is 2.76. The number of aromatic nitrogens is 1. The monoisotopic (exact) mass is 373 g/mol. The van der Waals surface area contributed by atoms with Gasteiger partial charge in [-0.15, -0.1) is 0 Å². The van der Waals surface area contributed by atoms with Crippen molar-refractivity contribution in [3.8, 4) is 0 Å². The van der Waals surface area contributed by atoms with Gasteiger partial charge in [0.1, 0.15) is 0 Å². The number of halogens is 1. The number of benzene rings is 1. The molecule has 0 fully saturated rings. The number of hydrogen-bond donors (Lipinski definition) is 0. The Morgan fingerprint density at radius 3 is 2.82 bits per heavy atom. The molecule has 4 heteroatoms. The summed E-state index contributed by atoms with van der Waals surface area (Å²) >= 11 is 2.60. The number of rotatable bonds is 1. The molecule has 0 aliphatic carbocycles. The summed E-state index contributed by atoms with van der Waals surface area (Å²) in [5.74, 6) is 0. The minimum atomic E-state index is 0. The van der Waals surface area contributed by atoms with Crippen LogP contribution < -0.4 is 21.5 Å². The molecule has 1 aliphatic heterocycles. The molecule has 88 valence electrons. The van der Waals surface area contributed by atoms with Gasteiger partial charge in [-0.25, -0.2) is 0 Å². The van der Waals surface area contributed by atoms with Crippen LogP contribution in [0.4, 0.5) is 0 Å². The standard InChI is InChI=1S/C13H12NSSe.BrH/c1-2-6-12-11(4-1)5-3-7-14(12)13-10-16-9-8-15-13;/h1-9,13H,10H2;1H/q+1;/p-1. The van der Waals surface area contributed by atoms with Gasteiger partial charge >= 0.3 is 106 Å². The zero-order valence-corrected chi connectivity index (χ0v) is 13.2. The van der Waals surface area contributed by atoms with Crippen LogP contribution in [0.2, 0.25) is 5.32 Å². The summed E-state index contributed by atoms with van der Waals surface area (Å²) in [6.07, 6.45) is 2.20. The van der Waals surface area contributed by atoms with Crippen molar-refractivity contribution in [1.29, 1.82) is 0 Å². The third-order valence-electron chi connectivity index (χ3n) is 2.67. The second-order valence-electron chi connectivity index (χ2n) is 3.67. The number of nitrogens with zero attached hydrogens (tertiary/aromatic N) is 1. The van der Waals surface area contributed by atoms with E-state index in [0.29, 0.717) is 20.3 Å². The van der Waals surface area contributed by atoms with Crippen LogP contribution in [-0.2, 0) is 0 Å². The topological polar surface area (TPSA) is 3.88 Å². The molecule has 1 aromatic carbocycles. The Bertz CT molecular complexity index is 538. The summed E-state index contributed by atoms with van der Waals surface area (Å²) in [5.41, 5.74) is 1.34. The number of fused-ring (bicyclic) bond motifs is 1. The van der Waals surface area contributed by atoms with E-state index in [9.17, 15) is 0 Å². The van der Waals surface area contributed by atoms with E-state index in [1.165, 1.54) is 16.2 Å². The van der Waals surface area contributed by atoms with Crippen LogP contribution in [0.25, 0.3) is 10.9 Å². The Kier molecular flexibility index (Phi) is 4.69. The fourth-order valence-electron chi connectivity index (χ4n) is 1.92. The maximum atomic E-state index is 2.41. The summed E-state index contributed by atoms with van der Waals surface area (Å²) < 4.78 is 2.41. The minimum Gasteiger partial charge on any atom is -1.00 e. The fraction of sp³-hybridized carbons (Fsp3) is 0.154. The zero-order chi connectivity index (χ0) is 10.8. The van der Waals surface area contributed by atoms with E-state index in [4.69, 9.17) is 0 Å². The first-order chi connectivity index (χ1) is 7.95. The predicted octanol–water partition coefficient (Wildman–Crippen LogP) is -0.0296. The van der Waals surface area contributed by atoms with Crippen molar-refractivity contribution in [2.24, 2.45) is 0 Å². The molecule has 1 aromatic heterocycles. The maximum absolute atomic E-state index is 2.41. The molecule has 0 saturated carbocycles. The maximum Gasteiger partial charge on any atom is -1.00 e. The van der Waals surface area contributed by atoms with Gasteiger partial charge in [0.05, 0.1) is 0 Å². The summed E-state index contributed by atoms with van der Waals surface area (Å²) in [4.78, 5) is 2.32. The molecule has 0 radical (unpaired) electrons. The van der Waals surface area contributed by atoms with Gasteiger partial charge in [0.15, 0.2) is 0 Å². The van der Waals surface area contributed by atoms with Gasteiger partial charge in [0.25, 0.3) is 0 Å². The van der Waals surface area contributed by atoms with Crippen molar-refractivity contribution in [1.82, 2.24) is 0 Å². The molecule has 17 heavy (non-hydrogen) atoms. The first kappa shape index (κ1) is 13.2. The van der Waals surface area contributed by atoms with Crippen molar-refractivity contribution >= 4 is 37.6 Å². The normalized spacial score (nSPS) is 18.9. The summed E-state index contributed by atoms with van der Waals surface area (Å²) in [6.45, 7) is 0. The van der Waals surface area contributed by atoms with Gasteiger partial charge in [-0.3, -0.25) is 0 Å². The van der Waals surface area contributed by atoms with Crippen LogP contribution in [0.15, 0.2) is 53.0 Å². The van der Waals surface area contributed by atoms with Crippen LogP contribution in [0.1, 0.15) is 5.37 Å². The summed E-state index contributed by atoms with van der Waals surface area (Å²) in [5, 5.41) is 5.44. The van der Waals surface area contributed by atoms with Gasteiger partial charge in [0.2, 0.25) is 0 Å². The Hall–Kier alpha value is -0.281. The van der Waals surface area contributed by atoms with Gasteiger partial charge in [-0.05, 0) is 0 Å². The molecule has 1 nitrogen and oxygen atoms in total. The Balaban J connectivity index is 0.00000108. The zero-order valence-electron chi connectivity index (χ0n) is 9.12. The van der Waals surface area contributed by atoms with Crippen molar-refractivity contribution in [2.45, 2.75) is 10.7 Å². The molecule has 0 saturated heterocycles. The van der Waals surface area contributed by atoms with Gasteiger partial charge < -0.3 is 17.0 Å². The van der Waals surface area contributed by atoms with Crippen LogP contribution in [0.3, 0.4) is 0 Å². The smallest absolute Gasteiger partial charge is 1.00 e. The van der Waals surface area contributed by atoms with Gasteiger partial charge in [-0.1, -0.05) is 0 Å². The van der Waals surface area contributed by atoms with E-state index in [-0.39, 0.29) is 17.0 Å². The minimum absolute atomic E-state index is 0. The molecule has 0 amide bonds. The Labute approximate surface area is 122 Å². The largest absolute Gasteiger partial charge is 1.00 e. The average molecular weight is 373 g/mol. The van der Waals surface area contributed by atoms with E-state index in [2.05, 4.69) is 57.5 Å². The molecular weight excluding hydrogens is 361 g/mol. The fourth-order valence-corrected chi connectivity index (χ4v) is 5.35. The van der Waals surface area contributed by atoms with Crippen molar-refractivity contribution in [3.63, 3.8) is 0 Å². The molecule has 2 aromatic rings. The van der Waals surface area contributed by atoms with Crippen LogP contribution in [0, 0.1) is 0 Å². The van der Waals surface area contributed by atoms with Crippen molar-refractivity contribution in [3.05, 3.63) is 53.0 Å². The number of hydrogen-bond acceptors (Lipinski definition) is 1. The van der Waals surface area contributed by atoms with Crippen LogP contribution in [0.5, 0.6) is 0 Å². The number of para-hydroxylation sites is 1. The molecule has 0 N–H and O–H groups in total. The molecule has 3 rings (SSSR count). The Morgan fingerprint density at radius 1 is 1.18 bits per heavy atom. The second-order valence-corrected chi connectivity index (χ2v) is 6.73. The Morgan fingerprint density at radius 2 is 2.00 bits per heavy atom. The first-order valence-electron chi connectivity index (χ1n) is 5.26. The average Bonchev–Trinajstić information content (AvgIpc) is 2.39. The van der Waals surface area contributed by atoms with Gasteiger partial charge in [-0.2, -0.15) is 0 Å². The number of thioether (sulfide) groups is 1. The van der Waals surface area contributed by atoms with Crippen molar-refractivity contribution < 1.29 is 21.5 Å². The molecule has 0 bridgehead atoms. The molecule has 0 spiro atoms. The van der Waals surface area contributed by atoms with Crippen molar-refractivity contribution in [2.75, 3.05) is 0 Å². The second kappa shape index (κ2) is 6.05. The number of pyridine rings is 1. The van der Waals surface area contributed by atoms with E-state index in [0.717, 1.165) is 0 Å². The van der Waals surface area contributed by atoms with Crippen LogP contribution >= 0.6 is 11.8 Å². The summed E-state index contributed by atoms with van der Waals surface area (Å²) in [7, 11) is 0. The predicted molar refractivity (Wildman–Crippen MR) is 70.5 cm³/mol. The van der Waals surface area contributed by atoms with E-state index < -0.39 is 0 Å². The molecule has 1 aliphatic rings. The first-order valence-corrected chi connectivity index (χ1v) is 8.40. The van der Waals surface area contributed by atoms with E-state index in [1.54, 1.807) is 0 Å². The molecule has 1 atom stereocenters. The van der Waals surface area contributed by atoms with E-state index >= 15 is 0 Å².